The molecule has 0 spiro atoms. The molecule has 2 heterocycles. The van der Waals surface area contributed by atoms with Gasteiger partial charge in [0.1, 0.15) is 0 Å². The van der Waals surface area contributed by atoms with Gasteiger partial charge in [-0.25, -0.2) is 0 Å². The molecule has 52 heavy (non-hydrogen) atoms. The van der Waals surface area contributed by atoms with Crippen molar-refractivity contribution >= 4 is 11.9 Å². The van der Waals surface area contributed by atoms with Crippen LogP contribution in [-0.4, -0.2) is 60.4 Å². The number of aliphatic hydroxyl groups excluding tert-OH is 1. The molecular weight excluding hydrogens is 660 g/mol. The van der Waals surface area contributed by atoms with Crippen LogP contribution in [0, 0.1) is 5.92 Å². The molecule has 4 aromatic rings. The van der Waals surface area contributed by atoms with Crippen LogP contribution in [0.25, 0.3) is 11.1 Å². The summed E-state index contributed by atoms with van der Waals surface area (Å²) in [5.74, 6) is 0.453. The maximum atomic E-state index is 12.3. The quantitative estimate of drug-likeness (QED) is 0.133. The number of carbonyl (C=O) groups excluding carboxylic acids is 1. The van der Waals surface area contributed by atoms with E-state index in [1.165, 1.54) is 11.1 Å². The minimum Gasteiger partial charge on any atom is -0.493 e. The third-order valence-corrected chi connectivity index (χ3v) is 10.1. The smallest absolute Gasteiger partial charge is 0.303 e. The predicted octanol–water partition coefficient (Wildman–Crippen LogP) is 6.58. The normalized spacial score (nSPS) is 20.2. The molecule has 1 fully saturated rings. The number of carbonyl (C=O) groups is 2. The van der Waals surface area contributed by atoms with Gasteiger partial charge in [0.05, 0.1) is 33.0 Å². The van der Waals surface area contributed by atoms with Crippen molar-refractivity contribution < 1.29 is 38.7 Å². The highest BCUT2D eigenvalue weighted by atomic mass is 16.7. The third kappa shape index (κ3) is 9.00. The minimum atomic E-state index is -0.903. The zero-order chi connectivity index (χ0) is 36.6. The van der Waals surface area contributed by atoms with Crippen LogP contribution in [0.3, 0.4) is 0 Å². The average Bonchev–Trinajstić information content (AvgIpc) is 3.17. The molecule has 0 radical (unpaired) electrons. The number of aliphatic hydroxyl groups is 1. The summed E-state index contributed by atoms with van der Waals surface area (Å²) in [6.07, 6.45) is 0.388. The van der Waals surface area contributed by atoms with Gasteiger partial charge in [0.15, 0.2) is 17.8 Å². The van der Waals surface area contributed by atoms with Gasteiger partial charge < -0.3 is 34.5 Å². The Kier molecular flexibility index (Phi) is 12.2. The number of carboxylic acids is 1. The van der Waals surface area contributed by atoms with Crippen LogP contribution in [0.4, 0.5) is 0 Å². The van der Waals surface area contributed by atoms with Crippen molar-refractivity contribution in [3.05, 3.63) is 118 Å². The number of benzene rings is 4. The lowest BCUT2D eigenvalue weighted by atomic mass is 9.89. The Bertz CT molecular complexity index is 1840. The first-order valence-corrected chi connectivity index (χ1v) is 17.9. The first-order chi connectivity index (χ1) is 25.2. The Hall–Kier alpha value is -4.74. The number of fused-ring (bicyclic) bond motifs is 1. The van der Waals surface area contributed by atoms with Crippen LogP contribution in [0.15, 0.2) is 84.9 Å². The average molecular weight is 709 g/mol. The number of carboxylic acid groups (broad SMARTS) is 1. The molecule has 6 rings (SSSR count). The first kappa shape index (κ1) is 37.0. The second-order valence-corrected chi connectivity index (χ2v) is 13.6. The van der Waals surface area contributed by atoms with Crippen molar-refractivity contribution in [2.45, 2.75) is 70.8 Å². The Balaban J connectivity index is 1.21. The van der Waals surface area contributed by atoms with Crippen LogP contribution in [0.1, 0.15) is 72.0 Å². The van der Waals surface area contributed by atoms with Crippen LogP contribution < -0.4 is 14.8 Å². The lowest BCUT2D eigenvalue weighted by Crippen LogP contribution is -2.45. The van der Waals surface area contributed by atoms with Crippen molar-refractivity contribution in [2.75, 3.05) is 27.3 Å². The Morgan fingerprint density at radius 2 is 1.56 bits per heavy atom. The summed E-state index contributed by atoms with van der Waals surface area (Å²) in [6.45, 7) is 4.92. The summed E-state index contributed by atoms with van der Waals surface area (Å²) in [4.78, 5) is 25.5. The number of hydrogen-bond donors (Lipinski definition) is 3. The molecule has 2 aliphatic rings. The van der Waals surface area contributed by atoms with Gasteiger partial charge in [-0.05, 0) is 76.1 Å². The lowest BCUT2D eigenvalue weighted by molar-refractivity contribution is -0.276. The summed E-state index contributed by atoms with van der Waals surface area (Å²) in [6, 6.07) is 28.3. The van der Waals surface area contributed by atoms with E-state index in [0.29, 0.717) is 13.0 Å². The molecule has 0 saturated carbocycles. The lowest BCUT2D eigenvalue weighted by Gasteiger charge is -2.43. The van der Waals surface area contributed by atoms with Crippen LogP contribution in [0.2, 0.25) is 0 Å². The molecule has 0 aromatic heterocycles. The first-order valence-electron chi connectivity index (χ1n) is 17.9. The monoisotopic (exact) mass is 708 g/mol. The van der Waals surface area contributed by atoms with E-state index in [1.54, 1.807) is 14.2 Å². The van der Waals surface area contributed by atoms with E-state index in [0.717, 1.165) is 70.9 Å². The molecule has 0 bridgehead atoms. The van der Waals surface area contributed by atoms with Gasteiger partial charge in [0.25, 0.3) is 0 Å². The molecule has 0 unspecified atom stereocenters. The van der Waals surface area contributed by atoms with Gasteiger partial charge in [0.2, 0.25) is 5.91 Å². The zero-order valence-electron chi connectivity index (χ0n) is 30.0. The standard InChI is InChI=1S/C42H48N2O8/c1-27-38(25-44-18-17-33-21-36(49-2)37(50-3)22-35(33)24-44)51-42(52-41(27)30-15-13-28(26-45)14-16-30)34-10-5-9-32(20-34)31-8-4-7-29(19-31)23-43-39(46)11-6-12-40(47)48/h4-5,7-10,13-16,19-22,27,38,41-42,45H,6,11-12,17-18,23-26H2,1-3H3,(H,43,46)(H,47,48)/t27-,38+,41+,42+/m1/s1. The highest BCUT2D eigenvalue weighted by molar-refractivity contribution is 5.76. The summed E-state index contributed by atoms with van der Waals surface area (Å²) < 4.78 is 24.8. The number of nitrogens with one attached hydrogen (secondary N) is 1. The van der Waals surface area contributed by atoms with E-state index in [-0.39, 0.29) is 43.5 Å². The third-order valence-electron chi connectivity index (χ3n) is 10.1. The maximum absolute atomic E-state index is 12.3. The summed E-state index contributed by atoms with van der Waals surface area (Å²) >= 11 is 0. The molecule has 3 N–H and O–H groups in total. The molecular formula is C42H48N2O8. The van der Waals surface area contributed by atoms with Crippen LogP contribution in [0.5, 0.6) is 11.5 Å². The Morgan fingerprint density at radius 1 is 0.846 bits per heavy atom. The number of ether oxygens (including phenoxy) is 4. The fourth-order valence-electron chi connectivity index (χ4n) is 7.09. The van der Waals surface area contributed by atoms with E-state index in [1.807, 2.05) is 60.7 Å². The SMILES string of the molecule is COc1cc2c(cc1OC)CN(C[C@@H]1O[C@H](c3cccc(-c4cccc(CNC(=O)CCCC(=O)O)c4)c3)O[C@H](c3ccc(CO)cc3)[C@@H]1C)CC2. The molecule has 274 valence electrons. The molecule has 4 aromatic carbocycles. The number of aliphatic carboxylic acids is 1. The van der Waals surface area contributed by atoms with Crippen LogP contribution in [-0.2, 0) is 45.2 Å². The van der Waals surface area contributed by atoms with Gasteiger partial charge >= 0.3 is 5.97 Å². The topological polar surface area (TPSA) is 127 Å². The van der Waals surface area contributed by atoms with Gasteiger partial charge in [-0.15, -0.1) is 0 Å². The van der Waals surface area contributed by atoms with E-state index in [9.17, 15) is 14.7 Å². The van der Waals surface area contributed by atoms with Crippen molar-refractivity contribution in [2.24, 2.45) is 5.92 Å². The fraction of sp³-hybridized carbons (Fsp3) is 0.381. The number of rotatable bonds is 14. The van der Waals surface area contributed by atoms with Crippen molar-refractivity contribution in [1.29, 1.82) is 0 Å². The van der Waals surface area contributed by atoms with Crippen molar-refractivity contribution in [3.8, 4) is 22.6 Å². The van der Waals surface area contributed by atoms with Crippen molar-refractivity contribution in [1.82, 2.24) is 10.2 Å². The van der Waals surface area contributed by atoms with E-state index < -0.39 is 12.3 Å². The zero-order valence-corrected chi connectivity index (χ0v) is 30.0. The number of hydrogen-bond acceptors (Lipinski definition) is 8. The molecule has 2 aliphatic heterocycles. The van der Waals surface area contributed by atoms with Gasteiger partial charge in [-0.3, -0.25) is 14.5 Å². The van der Waals surface area contributed by atoms with Gasteiger partial charge in [-0.2, -0.15) is 0 Å². The summed E-state index contributed by atoms with van der Waals surface area (Å²) in [5.41, 5.74) is 8.23. The number of nitrogens with zero attached hydrogens (tertiary/aromatic N) is 1. The Labute approximate surface area is 305 Å². The second kappa shape index (κ2) is 17.2. The summed E-state index contributed by atoms with van der Waals surface area (Å²) in [7, 11) is 3.33. The van der Waals surface area contributed by atoms with E-state index in [4.69, 9.17) is 24.1 Å². The second-order valence-electron chi connectivity index (χ2n) is 13.6. The van der Waals surface area contributed by atoms with Crippen molar-refractivity contribution in [3.63, 3.8) is 0 Å². The Morgan fingerprint density at radius 3 is 2.27 bits per heavy atom. The molecule has 0 aliphatic carbocycles. The maximum Gasteiger partial charge on any atom is 0.303 e. The molecule has 4 atom stereocenters. The van der Waals surface area contributed by atoms with Crippen LogP contribution >= 0.6 is 0 Å². The van der Waals surface area contributed by atoms with Gasteiger partial charge in [-0.1, -0.05) is 67.6 Å². The van der Waals surface area contributed by atoms with E-state index >= 15 is 0 Å². The molecule has 1 amide bonds. The highest BCUT2D eigenvalue weighted by Crippen LogP contribution is 2.43. The van der Waals surface area contributed by atoms with E-state index in [2.05, 4.69) is 41.4 Å². The highest BCUT2D eigenvalue weighted by Gasteiger charge is 2.39. The minimum absolute atomic E-state index is 0.0179. The number of methoxy groups -OCH3 is 2. The predicted molar refractivity (Wildman–Crippen MR) is 197 cm³/mol. The largest absolute Gasteiger partial charge is 0.493 e. The fourth-order valence-corrected chi connectivity index (χ4v) is 7.09. The van der Waals surface area contributed by atoms with Gasteiger partial charge in [0, 0.05) is 50.5 Å². The molecule has 1 saturated heterocycles. The molecule has 10 heteroatoms. The summed E-state index contributed by atoms with van der Waals surface area (Å²) in [5, 5.41) is 21.4. The molecule has 10 nitrogen and oxygen atoms in total. The number of amides is 1.